The minimum Gasteiger partial charge on any atom is -0.478 e. The zero-order valence-electron chi connectivity index (χ0n) is 13.1. The molecule has 120 valence electrons. The van der Waals surface area contributed by atoms with E-state index in [-0.39, 0.29) is 5.97 Å². The molecule has 0 saturated heterocycles. The van der Waals surface area contributed by atoms with Crippen LogP contribution in [0.5, 0.6) is 0 Å². The fourth-order valence-corrected chi connectivity index (χ4v) is 1.55. The number of carbonyl (C=O) groups is 2. The third kappa shape index (κ3) is 8.67. The first-order valence-corrected chi connectivity index (χ1v) is 6.70. The van der Waals surface area contributed by atoms with Crippen molar-refractivity contribution in [2.75, 3.05) is 0 Å². The van der Waals surface area contributed by atoms with Gasteiger partial charge in [0.2, 0.25) is 0 Å². The van der Waals surface area contributed by atoms with Gasteiger partial charge >= 0.3 is 11.9 Å². The maximum absolute atomic E-state index is 9.75. The van der Waals surface area contributed by atoms with E-state index in [4.69, 9.17) is 5.11 Å². The van der Waals surface area contributed by atoms with Gasteiger partial charge in [-0.15, -0.1) is 0 Å². The molecule has 2 rings (SSSR count). The van der Waals surface area contributed by atoms with Crippen LogP contribution in [0.2, 0.25) is 0 Å². The number of rotatable bonds is 3. The lowest BCUT2D eigenvalue weighted by atomic mass is 10.1. The van der Waals surface area contributed by atoms with Gasteiger partial charge in [-0.3, -0.25) is 4.79 Å². The van der Waals surface area contributed by atoms with Crippen molar-refractivity contribution in [1.29, 1.82) is 0 Å². The molecule has 4 heteroatoms. The fourth-order valence-electron chi connectivity index (χ4n) is 1.55. The average Bonchev–Trinajstić information content (AvgIpc) is 2.55. The van der Waals surface area contributed by atoms with Crippen molar-refractivity contribution in [3.8, 4) is 0 Å². The summed E-state index contributed by atoms with van der Waals surface area (Å²) >= 11 is 0. The molecule has 4 nitrogen and oxygen atoms in total. The molecular formula is C19H20O4. The van der Waals surface area contributed by atoms with Crippen molar-refractivity contribution in [3.05, 3.63) is 80.1 Å². The highest BCUT2D eigenvalue weighted by atomic mass is 16.5. The number of esters is 1. The number of aliphatic carboxylic acids is 1. The molecule has 0 bridgehead atoms. The minimum atomic E-state index is -0.981. The highest BCUT2D eigenvalue weighted by molar-refractivity contribution is 5.90. The van der Waals surface area contributed by atoms with E-state index in [1.807, 2.05) is 6.08 Å². The Kier molecular flexibility index (Phi) is 9.94. The molecule has 23 heavy (non-hydrogen) atoms. The zero-order valence-corrected chi connectivity index (χ0v) is 13.1. The normalized spacial score (nSPS) is 8.39. The Balaban J connectivity index is 0.000000374. The molecule has 2 aromatic rings. The molecule has 0 aliphatic heterocycles. The summed E-state index contributed by atoms with van der Waals surface area (Å²) in [7, 11) is 0. The number of benzene rings is 2. The quantitative estimate of drug-likeness (QED) is 0.517. The van der Waals surface area contributed by atoms with Crippen LogP contribution in [0.15, 0.2) is 74.5 Å². The summed E-state index contributed by atoms with van der Waals surface area (Å²) in [5, 5.41) is 10.2. The standard InChI is InChI=1S/C12H10.C4H6O2.C3H4O2/c1-2-10-7-5-8-11-6-3-4-9-12(10)11;1-3-6-4(2)5;1-2-3(4)5/h2-9H,1H2;3H,1H2,2H3;2H,1H2,(H,4,5). The molecule has 0 radical (unpaired) electrons. The molecule has 0 heterocycles. The predicted molar refractivity (Wildman–Crippen MR) is 93.8 cm³/mol. The number of ether oxygens (including phenoxy) is 1. The molecular weight excluding hydrogens is 292 g/mol. The number of carbonyl (C=O) groups excluding carboxylic acids is 1. The Morgan fingerprint density at radius 3 is 2.04 bits per heavy atom. The molecule has 0 fully saturated rings. The first-order chi connectivity index (χ1) is 11.0. The Hall–Kier alpha value is -3.14. The highest BCUT2D eigenvalue weighted by Crippen LogP contribution is 2.18. The third-order valence-corrected chi connectivity index (χ3v) is 2.47. The number of fused-ring (bicyclic) bond motifs is 1. The van der Waals surface area contributed by atoms with Crippen LogP contribution < -0.4 is 0 Å². The second-order valence-corrected chi connectivity index (χ2v) is 4.09. The van der Waals surface area contributed by atoms with E-state index in [2.05, 4.69) is 66.9 Å². The van der Waals surface area contributed by atoms with Crippen LogP contribution in [0.25, 0.3) is 16.8 Å². The van der Waals surface area contributed by atoms with Gasteiger partial charge in [-0.1, -0.05) is 68.3 Å². The molecule has 2 aromatic carbocycles. The van der Waals surface area contributed by atoms with E-state index in [0.29, 0.717) is 0 Å². The molecule has 0 aromatic heterocycles. The topological polar surface area (TPSA) is 63.6 Å². The summed E-state index contributed by atoms with van der Waals surface area (Å²) in [4.78, 5) is 19.0. The monoisotopic (exact) mass is 312 g/mol. The van der Waals surface area contributed by atoms with Crippen LogP contribution in [0, 0.1) is 0 Å². The van der Waals surface area contributed by atoms with E-state index in [9.17, 15) is 9.59 Å². The second kappa shape index (κ2) is 11.5. The van der Waals surface area contributed by atoms with Crippen LogP contribution >= 0.6 is 0 Å². The third-order valence-electron chi connectivity index (χ3n) is 2.47. The van der Waals surface area contributed by atoms with Gasteiger partial charge in [0.15, 0.2) is 0 Å². The number of hydrogen-bond acceptors (Lipinski definition) is 3. The summed E-state index contributed by atoms with van der Waals surface area (Å²) in [5.74, 6) is -1.31. The predicted octanol–water partition coefficient (Wildman–Crippen LogP) is 4.43. The molecule has 0 aliphatic rings. The van der Waals surface area contributed by atoms with E-state index >= 15 is 0 Å². The lowest BCUT2D eigenvalue weighted by molar-refractivity contribution is -0.135. The van der Waals surface area contributed by atoms with Crippen molar-refractivity contribution in [1.82, 2.24) is 0 Å². The lowest BCUT2D eigenvalue weighted by Gasteiger charge is -1.99. The summed E-state index contributed by atoms with van der Waals surface area (Å²) in [5.41, 5.74) is 1.20. The van der Waals surface area contributed by atoms with Gasteiger partial charge in [0.05, 0.1) is 6.26 Å². The Labute approximate surface area is 136 Å². The van der Waals surface area contributed by atoms with Gasteiger partial charge in [-0.25, -0.2) is 4.79 Å². The van der Waals surface area contributed by atoms with Crippen LogP contribution in [-0.2, 0) is 14.3 Å². The first-order valence-electron chi connectivity index (χ1n) is 6.70. The second-order valence-electron chi connectivity index (χ2n) is 4.09. The Bertz CT molecular complexity index is 681. The number of hydrogen-bond donors (Lipinski definition) is 1. The van der Waals surface area contributed by atoms with E-state index in [0.717, 1.165) is 12.3 Å². The first kappa shape index (κ1) is 19.9. The van der Waals surface area contributed by atoms with E-state index in [1.54, 1.807) is 0 Å². The minimum absolute atomic E-state index is 0.329. The molecule has 0 aliphatic carbocycles. The maximum atomic E-state index is 9.75. The highest BCUT2D eigenvalue weighted by Gasteiger charge is 1.93. The number of carboxylic acid groups (broad SMARTS) is 1. The van der Waals surface area contributed by atoms with Crippen molar-refractivity contribution < 1.29 is 19.4 Å². The van der Waals surface area contributed by atoms with Crippen molar-refractivity contribution >= 4 is 28.8 Å². The summed E-state index contributed by atoms with van der Waals surface area (Å²) < 4.78 is 4.17. The smallest absolute Gasteiger partial charge is 0.327 e. The van der Waals surface area contributed by atoms with Crippen LogP contribution in [0.4, 0.5) is 0 Å². The van der Waals surface area contributed by atoms with Gasteiger partial charge in [-0.2, -0.15) is 0 Å². The van der Waals surface area contributed by atoms with Crippen molar-refractivity contribution in [3.63, 3.8) is 0 Å². The van der Waals surface area contributed by atoms with E-state index < -0.39 is 5.97 Å². The lowest BCUT2D eigenvalue weighted by Crippen LogP contribution is -1.87. The largest absolute Gasteiger partial charge is 0.478 e. The SMILES string of the molecule is C=CC(=O)O.C=COC(C)=O.C=Cc1cccc2ccccc12. The summed E-state index contributed by atoms with van der Waals surface area (Å²) in [6.07, 6.45) is 3.82. The molecule has 0 atom stereocenters. The van der Waals surface area contributed by atoms with Crippen LogP contribution in [0.3, 0.4) is 0 Å². The van der Waals surface area contributed by atoms with Crippen LogP contribution in [-0.4, -0.2) is 17.0 Å². The molecule has 0 spiro atoms. The van der Waals surface area contributed by atoms with Gasteiger partial charge in [0, 0.05) is 13.0 Å². The number of carboxylic acids is 1. The van der Waals surface area contributed by atoms with Gasteiger partial charge < -0.3 is 9.84 Å². The maximum Gasteiger partial charge on any atom is 0.327 e. The van der Waals surface area contributed by atoms with Gasteiger partial charge in [0.25, 0.3) is 0 Å². The fraction of sp³-hybridized carbons (Fsp3) is 0.0526. The Morgan fingerprint density at radius 2 is 1.61 bits per heavy atom. The zero-order chi connectivity index (χ0) is 17.7. The van der Waals surface area contributed by atoms with Crippen molar-refractivity contribution in [2.24, 2.45) is 0 Å². The molecule has 0 amide bonds. The Morgan fingerprint density at radius 1 is 1.04 bits per heavy atom. The average molecular weight is 312 g/mol. The van der Waals surface area contributed by atoms with Gasteiger partial charge in [-0.05, 0) is 16.3 Å². The summed E-state index contributed by atoms with van der Waals surface area (Å²) in [6, 6.07) is 14.6. The molecule has 0 unspecified atom stereocenters. The van der Waals surface area contributed by atoms with Crippen LogP contribution in [0.1, 0.15) is 12.5 Å². The van der Waals surface area contributed by atoms with E-state index in [1.165, 1.54) is 23.3 Å². The molecule has 0 saturated carbocycles. The molecule has 1 N–H and O–H groups in total. The van der Waals surface area contributed by atoms with Crippen molar-refractivity contribution in [2.45, 2.75) is 6.92 Å². The summed E-state index contributed by atoms with van der Waals surface area (Å²) in [6.45, 7) is 11.2. The van der Waals surface area contributed by atoms with Gasteiger partial charge in [0.1, 0.15) is 0 Å².